The SMILES string of the molecule is CCCC(F)(F)c1nc(CCC(C)C)n(Cc2ccc(Cc3cccc(C(=O)O)c3)cc2)n1. The van der Waals surface area contributed by atoms with Crippen LogP contribution < -0.4 is 0 Å². The van der Waals surface area contributed by atoms with Crippen LogP contribution in [0.15, 0.2) is 48.5 Å². The van der Waals surface area contributed by atoms with Gasteiger partial charge in [-0.2, -0.15) is 8.78 Å². The molecule has 1 N–H and O–H groups in total. The molecule has 0 amide bonds. The van der Waals surface area contributed by atoms with Gasteiger partial charge in [0.2, 0.25) is 5.82 Å². The minimum absolute atomic E-state index is 0.264. The van der Waals surface area contributed by atoms with Crippen LogP contribution in [-0.2, 0) is 25.3 Å². The van der Waals surface area contributed by atoms with Crippen LogP contribution in [0.1, 0.15) is 78.7 Å². The molecule has 1 heterocycles. The van der Waals surface area contributed by atoms with Gasteiger partial charge in [0.15, 0.2) is 0 Å². The Morgan fingerprint density at radius 3 is 2.42 bits per heavy atom. The van der Waals surface area contributed by atoms with Gasteiger partial charge in [0.25, 0.3) is 0 Å². The number of carbonyl (C=O) groups is 1. The normalized spacial score (nSPS) is 11.8. The van der Waals surface area contributed by atoms with E-state index in [-0.39, 0.29) is 12.0 Å². The maximum Gasteiger partial charge on any atom is 0.335 e. The lowest BCUT2D eigenvalue weighted by Crippen LogP contribution is -2.15. The fourth-order valence-electron chi connectivity index (χ4n) is 3.67. The zero-order chi connectivity index (χ0) is 24.0. The predicted molar refractivity (Wildman–Crippen MR) is 124 cm³/mol. The number of aryl methyl sites for hydroxylation is 1. The largest absolute Gasteiger partial charge is 0.478 e. The van der Waals surface area contributed by atoms with Crippen molar-refractivity contribution in [3.05, 3.63) is 82.4 Å². The monoisotopic (exact) mass is 455 g/mol. The summed E-state index contributed by atoms with van der Waals surface area (Å²) in [4.78, 5) is 15.4. The molecular formula is C26H31F2N3O2. The fraction of sp³-hybridized carbons (Fsp3) is 0.423. The van der Waals surface area contributed by atoms with E-state index in [0.717, 1.165) is 23.1 Å². The Morgan fingerprint density at radius 2 is 1.79 bits per heavy atom. The number of nitrogens with zero attached hydrogens (tertiary/aromatic N) is 3. The van der Waals surface area contributed by atoms with Crippen LogP contribution in [0.2, 0.25) is 0 Å². The number of alkyl halides is 2. The van der Waals surface area contributed by atoms with Crippen molar-refractivity contribution in [1.82, 2.24) is 14.8 Å². The highest BCUT2D eigenvalue weighted by Gasteiger charge is 2.36. The number of aromatic carboxylic acids is 1. The number of carboxylic acids is 1. The van der Waals surface area contributed by atoms with Crippen molar-refractivity contribution in [2.24, 2.45) is 5.92 Å². The van der Waals surface area contributed by atoms with Crippen LogP contribution >= 0.6 is 0 Å². The van der Waals surface area contributed by atoms with Crippen molar-refractivity contribution < 1.29 is 18.7 Å². The number of hydrogen-bond acceptors (Lipinski definition) is 3. The second-order valence-corrected chi connectivity index (χ2v) is 8.90. The van der Waals surface area contributed by atoms with Gasteiger partial charge in [0.05, 0.1) is 12.1 Å². The molecule has 0 saturated carbocycles. The molecule has 3 rings (SSSR count). The summed E-state index contributed by atoms with van der Waals surface area (Å²) in [6, 6.07) is 14.7. The summed E-state index contributed by atoms with van der Waals surface area (Å²) in [5, 5.41) is 13.4. The zero-order valence-corrected chi connectivity index (χ0v) is 19.4. The lowest BCUT2D eigenvalue weighted by Gasteiger charge is -2.10. The van der Waals surface area contributed by atoms with Gasteiger partial charge in [-0.3, -0.25) is 0 Å². The molecule has 0 fully saturated rings. The molecule has 1 aromatic heterocycles. The van der Waals surface area contributed by atoms with Gasteiger partial charge < -0.3 is 5.11 Å². The fourth-order valence-corrected chi connectivity index (χ4v) is 3.67. The zero-order valence-electron chi connectivity index (χ0n) is 19.4. The van der Waals surface area contributed by atoms with Crippen LogP contribution in [0.25, 0.3) is 0 Å². The summed E-state index contributed by atoms with van der Waals surface area (Å²) in [7, 11) is 0. The Morgan fingerprint density at radius 1 is 1.09 bits per heavy atom. The third-order valence-corrected chi connectivity index (χ3v) is 5.52. The molecule has 33 heavy (non-hydrogen) atoms. The molecule has 5 nitrogen and oxygen atoms in total. The first-order chi connectivity index (χ1) is 15.7. The molecule has 3 aromatic rings. The second-order valence-electron chi connectivity index (χ2n) is 8.90. The van der Waals surface area contributed by atoms with E-state index in [1.54, 1.807) is 29.8 Å². The first kappa shape index (κ1) is 24.6. The van der Waals surface area contributed by atoms with E-state index < -0.39 is 17.7 Å². The third kappa shape index (κ3) is 6.70. The molecule has 176 valence electrons. The van der Waals surface area contributed by atoms with Crippen molar-refractivity contribution in [3.63, 3.8) is 0 Å². The minimum Gasteiger partial charge on any atom is -0.478 e. The molecule has 0 saturated heterocycles. The molecule has 2 aromatic carbocycles. The average molecular weight is 456 g/mol. The van der Waals surface area contributed by atoms with Crippen LogP contribution in [0.5, 0.6) is 0 Å². The molecule has 7 heteroatoms. The Hall–Kier alpha value is -3.09. The number of halogens is 2. The number of hydrogen-bond donors (Lipinski definition) is 1. The highest BCUT2D eigenvalue weighted by Crippen LogP contribution is 2.31. The molecule has 0 aliphatic rings. The van der Waals surface area contributed by atoms with E-state index in [2.05, 4.69) is 23.9 Å². The summed E-state index contributed by atoms with van der Waals surface area (Å²) in [5.74, 6) is -3.34. The van der Waals surface area contributed by atoms with E-state index in [9.17, 15) is 13.6 Å². The van der Waals surface area contributed by atoms with Gasteiger partial charge in [-0.25, -0.2) is 14.5 Å². The van der Waals surface area contributed by atoms with Gasteiger partial charge in [-0.1, -0.05) is 57.2 Å². The van der Waals surface area contributed by atoms with Crippen LogP contribution in [0.3, 0.4) is 0 Å². The molecule has 0 aliphatic heterocycles. The standard InChI is InChI=1S/C26H31F2N3O2/c1-4-14-26(27,28)25-29-23(13-8-18(2)3)31(30-25)17-20-11-9-19(10-12-20)15-21-6-5-7-22(16-21)24(32)33/h5-7,9-12,16,18H,4,8,13-15,17H2,1-3H3,(H,32,33). The molecule has 0 unspecified atom stereocenters. The first-order valence-corrected chi connectivity index (χ1v) is 11.4. The lowest BCUT2D eigenvalue weighted by molar-refractivity contribution is -0.0232. The van der Waals surface area contributed by atoms with E-state index in [1.807, 2.05) is 30.3 Å². The van der Waals surface area contributed by atoms with Crippen molar-refractivity contribution >= 4 is 5.97 Å². The number of benzene rings is 2. The van der Waals surface area contributed by atoms with Crippen LogP contribution in [0.4, 0.5) is 8.78 Å². The molecule has 0 bridgehead atoms. The van der Waals surface area contributed by atoms with E-state index in [0.29, 0.717) is 37.5 Å². The predicted octanol–water partition coefficient (Wildman–Crippen LogP) is 6.10. The van der Waals surface area contributed by atoms with Crippen molar-refractivity contribution in [3.8, 4) is 0 Å². The van der Waals surface area contributed by atoms with Gasteiger partial charge >= 0.3 is 11.9 Å². The van der Waals surface area contributed by atoms with Crippen molar-refractivity contribution in [2.75, 3.05) is 0 Å². The van der Waals surface area contributed by atoms with E-state index in [1.165, 1.54) is 0 Å². The van der Waals surface area contributed by atoms with Gasteiger partial charge in [0, 0.05) is 12.8 Å². The maximum absolute atomic E-state index is 14.5. The Balaban J connectivity index is 1.77. The Labute approximate surface area is 193 Å². The molecule has 0 aliphatic carbocycles. The Kier molecular flexibility index (Phi) is 7.95. The molecular weight excluding hydrogens is 424 g/mol. The lowest BCUT2D eigenvalue weighted by atomic mass is 10.0. The summed E-state index contributed by atoms with van der Waals surface area (Å²) in [5.41, 5.74) is 3.16. The third-order valence-electron chi connectivity index (χ3n) is 5.52. The highest BCUT2D eigenvalue weighted by atomic mass is 19.3. The highest BCUT2D eigenvalue weighted by molar-refractivity contribution is 5.87. The van der Waals surface area contributed by atoms with Crippen molar-refractivity contribution in [1.29, 1.82) is 0 Å². The van der Waals surface area contributed by atoms with E-state index >= 15 is 0 Å². The maximum atomic E-state index is 14.5. The molecule has 0 atom stereocenters. The quantitative estimate of drug-likeness (QED) is 0.380. The number of carboxylic acid groups (broad SMARTS) is 1. The molecule has 0 radical (unpaired) electrons. The smallest absolute Gasteiger partial charge is 0.335 e. The first-order valence-electron chi connectivity index (χ1n) is 11.4. The number of rotatable bonds is 11. The summed E-state index contributed by atoms with van der Waals surface area (Å²) < 4.78 is 30.5. The summed E-state index contributed by atoms with van der Waals surface area (Å²) in [6.07, 6.45) is 2.16. The minimum atomic E-state index is -3.03. The van der Waals surface area contributed by atoms with Gasteiger partial charge in [0.1, 0.15) is 5.82 Å². The second kappa shape index (κ2) is 10.7. The van der Waals surface area contributed by atoms with Crippen molar-refractivity contribution in [2.45, 2.75) is 65.3 Å². The summed E-state index contributed by atoms with van der Waals surface area (Å²) >= 11 is 0. The summed E-state index contributed by atoms with van der Waals surface area (Å²) in [6.45, 7) is 6.29. The van der Waals surface area contributed by atoms with Crippen LogP contribution in [0, 0.1) is 5.92 Å². The van der Waals surface area contributed by atoms with Gasteiger partial charge in [-0.15, -0.1) is 5.10 Å². The average Bonchev–Trinajstić information content (AvgIpc) is 3.17. The van der Waals surface area contributed by atoms with Gasteiger partial charge in [-0.05, 0) is 54.0 Å². The molecule has 0 spiro atoms. The van der Waals surface area contributed by atoms with Crippen LogP contribution in [-0.4, -0.2) is 25.8 Å². The number of aromatic nitrogens is 3. The topological polar surface area (TPSA) is 68.0 Å². The van der Waals surface area contributed by atoms with E-state index in [4.69, 9.17) is 5.11 Å². The Bertz CT molecular complexity index is 1080.